The smallest absolute Gasteiger partial charge is 0.119 e. The van der Waals surface area contributed by atoms with E-state index in [1.807, 2.05) is 12.1 Å². The number of nitrogens with one attached hydrogen (secondary N) is 1. The van der Waals surface area contributed by atoms with Crippen molar-refractivity contribution in [3.63, 3.8) is 0 Å². The third-order valence-corrected chi connectivity index (χ3v) is 3.81. The van der Waals surface area contributed by atoms with Crippen LogP contribution in [-0.2, 0) is 6.54 Å². The maximum Gasteiger partial charge on any atom is 0.119 e. The first-order chi connectivity index (χ1) is 9.67. The van der Waals surface area contributed by atoms with E-state index in [2.05, 4.69) is 35.9 Å². The molecule has 0 bridgehead atoms. The monoisotopic (exact) mass is 274 g/mol. The van der Waals surface area contributed by atoms with Crippen LogP contribution in [0.1, 0.15) is 25.3 Å². The van der Waals surface area contributed by atoms with E-state index in [1.165, 1.54) is 37.1 Å². The second kappa shape index (κ2) is 7.46. The molecular weight excluding hydrogens is 248 g/mol. The molecule has 1 N–H and O–H groups in total. The Labute approximate surface area is 122 Å². The fourth-order valence-electron chi connectivity index (χ4n) is 2.72. The Balaban J connectivity index is 1.74. The maximum atomic E-state index is 5.25. The molecule has 110 valence electrons. The number of hydrogen-bond donors (Lipinski definition) is 1. The summed E-state index contributed by atoms with van der Waals surface area (Å²) in [5.74, 6) is 0.931. The van der Waals surface area contributed by atoms with Crippen molar-refractivity contribution in [1.29, 1.82) is 0 Å². The third kappa shape index (κ3) is 4.66. The van der Waals surface area contributed by atoms with Gasteiger partial charge in [0.05, 0.1) is 7.11 Å². The van der Waals surface area contributed by atoms with Gasteiger partial charge in [0.1, 0.15) is 5.75 Å². The van der Waals surface area contributed by atoms with Crippen LogP contribution in [0.2, 0.25) is 0 Å². The molecule has 1 aromatic rings. The van der Waals surface area contributed by atoms with Crippen molar-refractivity contribution in [2.24, 2.45) is 0 Å². The normalized spacial score (nSPS) is 17.1. The summed E-state index contributed by atoms with van der Waals surface area (Å²) in [7, 11) is 1.71. The molecule has 0 aromatic heterocycles. The molecule has 1 aliphatic rings. The predicted octanol–water partition coefficient (Wildman–Crippen LogP) is 2.83. The van der Waals surface area contributed by atoms with Gasteiger partial charge in [0.15, 0.2) is 0 Å². The first-order valence-electron chi connectivity index (χ1n) is 7.40. The number of hydrogen-bond acceptors (Lipinski definition) is 3. The quantitative estimate of drug-likeness (QED) is 0.807. The molecule has 1 aromatic carbocycles. The minimum atomic E-state index is 0.627. The van der Waals surface area contributed by atoms with E-state index >= 15 is 0 Å². The average molecular weight is 274 g/mol. The number of likely N-dealkylation sites (tertiary alicyclic amines) is 1. The van der Waals surface area contributed by atoms with Crippen molar-refractivity contribution < 1.29 is 4.74 Å². The van der Waals surface area contributed by atoms with Gasteiger partial charge in [-0.1, -0.05) is 24.3 Å². The summed E-state index contributed by atoms with van der Waals surface area (Å²) in [6.45, 7) is 10.4. The van der Waals surface area contributed by atoms with Crippen molar-refractivity contribution >= 4 is 0 Å². The molecule has 3 heteroatoms. The molecule has 1 heterocycles. The predicted molar refractivity (Wildman–Crippen MR) is 84.1 cm³/mol. The topological polar surface area (TPSA) is 24.5 Å². The summed E-state index contributed by atoms with van der Waals surface area (Å²) in [6, 6.07) is 8.91. The zero-order chi connectivity index (χ0) is 14.4. The summed E-state index contributed by atoms with van der Waals surface area (Å²) >= 11 is 0. The first kappa shape index (κ1) is 15.1. The lowest BCUT2D eigenvalue weighted by Crippen LogP contribution is -2.42. The van der Waals surface area contributed by atoms with Gasteiger partial charge in [-0.3, -0.25) is 4.90 Å². The summed E-state index contributed by atoms with van der Waals surface area (Å²) in [5, 5.41) is 3.66. The highest BCUT2D eigenvalue weighted by Crippen LogP contribution is 2.15. The van der Waals surface area contributed by atoms with Crippen molar-refractivity contribution in [3.05, 3.63) is 42.0 Å². The van der Waals surface area contributed by atoms with Crippen molar-refractivity contribution in [3.8, 4) is 5.75 Å². The van der Waals surface area contributed by atoms with Gasteiger partial charge in [-0.2, -0.15) is 0 Å². The van der Waals surface area contributed by atoms with Gasteiger partial charge >= 0.3 is 0 Å². The first-order valence-corrected chi connectivity index (χ1v) is 7.40. The Hall–Kier alpha value is -1.32. The van der Waals surface area contributed by atoms with Crippen LogP contribution in [0.3, 0.4) is 0 Å². The van der Waals surface area contributed by atoms with Crippen LogP contribution in [0.25, 0.3) is 0 Å². The molecule has 0 saturated carbocycles. The van der Waals surface area contributed by atoms with Crippen LogP contribution in [0.5, 0.6) is 5.75 Å². The summed E-state index contributed by atoms with van der Waals surface area (Å²) < 4.78 is 5.25. The molecule has 0 atom stereocenters. The van der Waals surface area contributed by atoms with Crippen LogP contribution in [0, 0.1) is 0 Å². The summed E-state index contributed by atoms with van der Waals surface area (Å²) in [6.07, 6.45) is 2.44. The van der Waals surface area contributed by atoms with Crippen molar-refractivity contribution in [2.75, 3.05) is 26.7 Å². The second-order valence-electron chi connectivity index (χ2n) is 5.74. The number of piperidine rings is 1. The number of rotatable bonds is 6. The molecule has 3 nitrogen and oxygen atoms in total. The Morgan fingerprint density at radius 3 is 2.80 bits per heavy atom. The molecule has 1 aliphatic heterocycles. The average Bonchev–Trinajstić information content (AvgIpc) is 2.46. The minimum Gasteiger partial charge on any atom is -0.497 e. The zero-order valence-electron chi connectivity index (χ0n) is 12.7. The van der Waals surface area contributed by atoms with Crippen LogP contribution in [0.4, 0.5) is 0 Å². The van der Waals surface area contributed by atoms with Gasteiger partial charge in [-0.05, 0) is 50.6 Å². The van der Waals surface area contributed by atoms with Crippen LogP contribution >= 0.6 is 0 Å². The van der Waals surface area contributed by atoms with Crippen molar-refractivity contribution in [2.45, 2.75) is 32.4 Å². The van der Waals surface area contributed by atoms with E-state index in [1.54, 1.807) is 7.11 Å². The lowest BCUT2D eigenvalue weighted by Gasteiger charge is -2.32. The molecule has 20 heavy (non-hydrogen) atoms. The number of ether oxygens (including phenoxy) is 1. The number of nitrogens with zero attached hydrogens (tertiary/aromatic N) is 1. The van der Waals surface area contributed by atoms with E-state index in [4.69, 9.17) is 4.74 Å². The van der Waals surface area contributed by atoms with Gasteiger partial charge in [0, 0.05) is 19.1 Å². The highest BCUT2D eigenvalue weighted by Gasteiger charge is 2.18. The van der Waals surface area contributed by atoms with E-state index in [9.17, 15) is 0 Å². The van der Waals surface area contributed by atoms with Crippen LogP contribution in [0.15, 0.2) is 36.4 Å². The third-order valence-electron chi connectivity index (χ3n) is 3.81. The molecular formula is C17H26N2O. The molecule has 1 saturated heterocycles. The molecule has 2 rings (SSSR count). The largest absolute Gasteiger partial charge is 0.497 e. The Morgan fingerprint density at radius 1 is 1.40 bits per heavy atom. The molecule has 0 spiro atoms. The van der Waals surface area contributed by atoms with E-state index < -0.39 is 0 Å². The number of benzene rings is 1. The van der Waals surface area contributed by atoms with Gasteiger partial charge in [-0.15, -0.1) is 0 Å². The Kier molecular flexibility index (Phi) is 5.62. The lowest BCUT2D eigenvalue weighted by molar-refractivity contribution is 0.211. The lowest BCUT2D eigenvalue weighted by atomic mass is 10.0. The fraction of sp³-hybridized carbons (Fsp3) is 0.529. The van der Waals surface area contributed by atoms with E-state index in [-0.39, 0.29) is 0 Å². The fourth-order valence-corrected chi connectivity index (χ4v) is 2.72. The SMILES string of the molecule is C=C(C)CN1CCC(NCc2cccc(OC)c2)CC1. The molecule has 0 aliphatic carbocycles. The Morgan fingerprint density at radius 2 is 2.15 bits per heavy atom. The zero-order valence-corrected chi connectivity index (χ0v) is 12.7. The van der Waals surface area contributed by atoms with Gasteiger partial charge in [0.25, 0.3) is 0 Å². The van der Waals surface area contributed by atoms with Crippen LogP contribution in [-0.4, -0.2) is 37.7 Å². The van der Waals surface area contributed by atoms with Gasteiger partial charge in [-0.25, -0.2) is 0 Å². The Bertz CT molecular complexity index is 436. The van der Waals surface area contributed by atoms with E-state index in [0.29, 0.717) is 6.04 Å². The molecule has 0 unspecified atom stereocenters. The molecule has 0 amide bonds. The summed E-state index contributed by atoms with van der Waals surface area (Å²) in [5.41, 5.74) is 2.54. The van der Waals surface area contributed by atoms with Gasteiger partial charge < -0.3 is 10.1 Å². The standard InChI is InChI=1S/C17H26N2O/c1-14(2)13-19-9-7-16(8-10-19)18-12-15-5-4-6-17(11-15)20-3/h4-6,11,16,18H,1,7-10,12-13H2,2-3H3. The second-order valence-corrected chi connectivity index (χ2v) is 5.74. The maximum absolute atomic E-state index is 5.25. The molecule has 0 radical (unpaired) electrons. The van der Waals surface area contributed by atoms with E-state index in [0.717, 1.165) is 18.8 Å². The van der Waals surface area contributed by atoms with Gasteiger partial charge in [0.2, 0.25) is 0 Å². The minimum absolute atomic E-state index is 0.627. The number of methoxy groups -OCH3 is 1. The highest BCUT2D eigenvalue weighted by atomic mass is 16.5. The van der Waals surface area contributed by atoms with Crippen molar-refractivity contribution in [1.82, 2.24) is 10.2 Å². The summed E-state index contributed by atoms with van der Waals surface area (Å²) in [4.78, 5) is 2.49. The highest BCUT2D eigenvalue weighted by molar-refractivity contribution is 5.28. The molecule has 1 fully saturated rings. The van der Waals surface area contributed by atoms with Crippen LogP contribution < -0.4 is 10.1 Å².